The molecular formula is C13H26N2O3S. The van der Waals surface area contributed by atoms with Gasteiger partial charge in [0, 0.05) is 12.3 Å². The quantitative estimate of drug-likeness (QED) is 0.760. The molecule has 0 aromatic rings. The monoisotopic (exact) mass is 290 g/mol. The first-order valence-electron chi connectivity index (χ1n) is 6.49. The number of hydrogen-bond donors (Lipinski definition) is 2. The van der Waals surface area contributed by atoms with Crippen LogP contribution in [-0.2, 0) is 9.53 Å². The Morgan fingerprint density at radius 1 is 1.32 bits per heavy atom. The molecule has 0 bridgehead atoms. The van der Waals surface area contributed by atoms with E-state index < -0.39 is 23.6 Å². The number of ether oxygens (including phenoxy) is 1. The topological polar surface area (TPSA) is 72.6 Å². The van der Waals surface area contributed by atoms with Crippen molar-refractivity contribution in [2.75, 3.05) is 12.3 Å². The standard InChI is InChI=1S/C13H26N2O3S/c1-9(2)8-10(14)11(16)15(6-7-19)12(17)18-13(3,4)5/h9-10,19H,6-8,14H2,1-5H3/t10-/m0/s1. The molecular weight excluding hydrogens is 264 g/mol. The van der Waals surface area contributed by atoms with E-state index >= 15 is 0 Å². The van der Waals surface area contributed by atoms with Crippen LogP contribution in [0.15, 0.2) is 0 Å². The van der Waals surface area contributed by atoms with E-state index in [2.05, 4.69) is 12.6 Å². The molecule has 0 heterocycles. The Morgan fingerprint density at radius 3 is 2.21 bits per heavy atom. The minimum atomic E-state index is -0.688. The zero-order valence-electron chi connectivity index (χ0n) is 12.5. The average Bonchev–Trinajstić information content (AvgIpc) is 2.21. The van der Waals surface area contributed by atoms with Gasteiger partial charge in [-0.15, -0.1) is 0 Å². The van der Waals surface area contributed by atoms with Crippen LogP contribution in [-0.4, -0.2) is 40.8 Å². The summed E-state index contributed by atoms with van der Waals surface area (Å²) in [5, 5.41) is 0. The second-order valence-electron chi connectivity index (χ2n) is 5.93. The van der Waals surface area contributed by atoms with E-state index in [1.165, 1.54) is 0 Å². The fourth-order valence-electron chi connectivity index (χ4n) is 1.52. The molecule has 1 atom stereocenters. The molecule has 112 valence electrons. The number of carbonyl (C=O) groups is 2. The van der Waals surface area contributed by atoms with Crippen LogP contribution in [0.3, 0.4) is 0 Å². The van der Waals surface area contributed by atoms with Crippen LogP contribution < -0.4 is 5.73 Å². The molecule has 0 aliphatic heterocycles. The Morgan fingerprint density at radius 2 is 1.84 bits per heavy atom. The zero-order valence-corrected chi connectivity index (χ0v) is 13.4. The molecule has 0 aliphatic rings. The van der Waals surface area contributed by atoms with Gasteiger partial charge in [0.1, 0.15) is 5.60 Å². The van der Waals surface area contributed by atoms with E-state index in [-0.39, 0.29) is 12.5 Å². The first-order chi connectivity index (χ1) is 8.58. The number of hydrogen-bond acceptors (Lipinski definition) is 5. The molecule has 0 aliphatic carbocycles. The summed E-state index contributed by atoms with van der Waals surface area (Å²) in [5.74, 6) is 0.256. The van der Waals surface area contributed by atoms with Gasteiger partial charge >= 0.3 is 6.09 Å². The number of imide groups is 1. The Labute approximate surface area is 121 Å². The van der Waals surface area contributed by atoms with Crippen molar-refractivity contribution in [2.45, 2.75) is 52.7 Å². The minimum absolute atomic E-state index is 0.197. The summed E-state index contributed by atoms with van der Waals surface area (Å²) in [6.45, 7) is 9.41. The summed E-state index contributed by atoms with van der Waals surface area (Å²) in [6.07, 6.45) is -0.129. The van der Waals surface area contributed by atoms with Gasteiger partial charge in [0.25, 0.3) is 0 Å². The first-order valence-corrected chi connectivity index (χ1v) is 7.12. The molecule has 0 rings (SSSR count). The Hall–Kier alpha value is -0.750. The molecule has 0 unspecified atom stereocenters. The highest BCUT2D eigenvalue weighted by atomic mass is 32.1. The highest BCUT2D eigenvalue weighted by Gasteiger charge is 2.30. The molecule has 0 aromatic heterocycles. The predicted molar refractivity (Wildman–Crippen MR) is 79.2 cm³/mol. The third-order valence-electron chi connectivity index (χ3n) is 2.25. The molecule has 0 aromatic carbocycles. The number of carbonyl (C=O) groups excluding carboxylic acids is 2. The lowest BCUT2D eigenvalue weighted by atomic mass is 10.0. The maximum Gasteiger partial charge on any atom is 0.417 e. The Balaban J connectivity index is 4.80. The molecule has 5 nitrogen and oxygen atoms in total. The van der Waals surface area contributed by atoms with E-state index in [9.17, 15) is 9.59 Å². The van der Waals surface area contributed by atoms with Crippen LogP contribution in [0.5, 0.6) is 0 Å². The van der Waals surface area contributed by atoms with E-state index in [1.54, 1.807) is 20.8 Å². The summed E-state index contributed by atoms with van der Waals surface area (Å²) in [4.78, 5) is 25.2. The number of thiol groups is 1. The van der Waals surface area contributed by atoms with E-state index in [0.717, 1.165) is 4.90 Å². The molecule has 0 saturated carbocycles. The normalized spacial score (nSPS) is 13.3. The number of nitrogens with zero attached hydrogens (tertiary/aromatic N) is 1. The van der Waals surface area contributed by atoms with Crippen LogP contribution in [0.25, 0.3) is 0 Å². The van der Waals surface area contributed by atoms with Gasteiger partial charge in [0.15, 0.2) is 0 Å². The SMILES string of the molecule is CC(C)C[C@H](N)C(=O)N(CCS)C(=O)OC(C)(C)C. The van der Waals surface area contributed by atoms with Crippen molar-refractivity contribution in [2.24, 2.45) is 11.7 Å². The van der Waals surface area contributed by atoms with Crippen molar-refractivity contribution >= 4 is 24.6 Å². The number of nitrogens with two attached hydrogens (primary N) is 1. The lowest BCUT2D eigenvalue weighted by Gasteiger charge is -2.27. The van der Waals surface area contributed by atoms with Gasteiger partial charge in [-0.25, -0.2) is 9.69 Å². The van der Waals surface area contributed by atoms with Crippen molar-refractivity contribution in [1.29, 1.82) is 0 Å². The van der Waals surface area contributed by atoms with Gasteiger partial charge in [-0.3, -0.25) is 4.79 Å². The van der Waals surface area contributed by atoms with Crippen LogP contribution in [0.4, 0.5) is 4.79 Å². The first kappa shape index (κ1) is 18.2. The summed E-state index contributed by atoms with van der Waals surface area (Å²) in [7, 11) is 0. The highest BCUT2D eigenvalue weighted by molar-refractivity contribution is 7.80. The molecule has 0 fully saturated rings. The van der Waals surface area contributed by atoms with E-state index in [1.807, 2.05) is 13.8 Å². The summed E-state index contributed by atoms with van der Waals surface area (Å²) < 4.78 is 5.21. The van der Waals surface area contributed by atoms with Crippen molar-refractivity contribution in [3.63, 3.8) is 0 Å². The molecule has 2 N–H and O–H groups in total. The second kappa shape index (κ2) is 7.75. The smallest absolute Gasteiger partial charge is 0.417 e. The largest absolute Gasteiger partial charge is 0.443 e. The van der Waals surface area contributed by atoms with Gasteiger partial charge in [0.2, 0.25) is 5.91 Å². The fraction of sp³-hybridized carbons (Fsp3) is 0.846. The van der Waals surface area contributed by atoms with Crippen molar-refractivity contribution in [3.8, 4) is 0 Å². The van der Waals surface area contributed by atoms with Gasteiger partial charge in [0.05, 0.1) is 6.04 Å². The van der Waals surface area contributed by atoms with Crippen LogP contribution in [0.1, 0.15) is 41.0 Å². The van der Waals surface area contributed by atoms with E-state index in [4.69, 9.17) is 10.5 Å². The van der Waals surface area contributed by atoms with Crippen molar-refractivity contribution < 1.29 is 14.3 Å². The Bertz CT molecular complexity index is 314. The molecule has 0 saturated heterocycles. The van der Waals surface area contributed by atoms with Crippen LogP contribution in [0, 0.1) is 5.92 Å². The summed E-state index contributed by atoms with van der Waals surface area (Å²) >= 11 is 4.06. The molecule has 2 amide bonds. The second-order valence-corrected chi connectivity index (χ2v) is 6.38. The maximum atomic E-state index is 12.2. The van der Waals surface area contributed by atoms with Gasteiger partial charge in [-0.2, -0.15) is 12.6 Å². The third-order valence-corrected chi connectivity index (χ3v) is 2.45. The fourth-order valence-corrected chi connectivity index (χ4v) is 1.72. The van der Waals surface area contributed by atoms with Gasteiger partial charge in [-0.05, 0) is 33.1 Å². The number of amides is 2. The Kier molecular flexibility index (Phi) is 7.44. The third kappa shape index (κ3) is 7.42. The molecule has 0 radical (unpaired) electrons. The highest BCUT2D eigenvalue weighted by Crippen LogP contribution is 2.12. The lowest BCUT2D eigenvalue weighted by Crippen LogP contribution is -2.49. The molecule has 0 spiro atoms. The zero-order chi connectivity index (χ0) is 15.2. The van der Waals surface area contributed by atoms with Crippen LogP contribution >= 0.6 is 12.6 Å². The summed E-state index contributed by atoms with van der Waals surface area (Å²) in [6, 6.07) is -0.688. The predicted octanol–water partition coefficient (Wildman–Crippen LogP) is 2.05. The van der Waals surface area contributed by atoms with Crippen LogP contribution in [0.2, 0.25) is 0 Å². The van der Waals surface area contributed by atoms with Gasteiger partial charge in [-0.1, -0.05) is 13.8 Å². The molecule has 19 heavy (non-hydrogen) atoms. The maximum absolute atomic E-state index is 12.2. The van der Waals surface area contributed by atoms with Crippen molar-refractivity contribution in [3.05, 3.63) is 0 Å². The number of rotatable bonds is 5. The molecule has 6 heteroatoms. The van der Waals surface area contributed by atoms with E-state index in [0.29, 0.717) is 12.2 Å². The average molecular weight is 290 g/mol. The van der Waals surface area contributed by atoms with Gasteiger partial charge < -0.3 is 10.5 Å². The summed E-state index contributed by atoms with van der Waals surface area (Å²) in [5.41, 5.74) is 5.18. The lowest BCUT2D eigenvalue weighted by molar-refractivity contribution is -0.131. The van der Waals surface area contributed by atoms with Crippen molar-refractivity contribution in [1.82, 2.24) is 4.90 Å². The minimum Gasteiger partial charge on any atom is -0.443 e.